The smallest absolute Gasteiger partial charge is 0.161 e. The maximum atomic E-state index is 5.63. The lowest BCUT2D eigenvalue weighted by Gasteiger charge is -2.21. The monoisotopic (exact) mass is 285 g/mol. The van der Waals surface area contributed by atoms with Crippen molar-refractivity contribution in [2.45, 2.75) is 13.0 Å². The predicted octanol–water partition coefficient (Wildman–Crippen LogP) is 3.64. The molecule has 1 N–H and O–H groups in total. The number of hydrogen-bond donors (Lipinski definition) is 1. The maximum absolute atomic E-state index is 5.63. The second-order valence-corrected chi connectivity index (χ2v) is 5.00. The molecule has 0 bridgehead atoms. The second-order valence-electron chi connectivity index (χ2n) is 5.00. The second kappa shape index (κ2) is 5.95. The molecule has 0 radical (unpaired) electrons. The Balaban J connectivity index is 1.73. The summed E-state index contributed by atoms with van der Waals surface area (Å²) in [6, 6.07) is 14.1. The van der Waals surface area contributed by atoms with E-state index in [9.17, 15) is 0 Å². The summed E-state index contributed by atoms with van der Waals surface area (Å²) in [5.74, 6) is 2.50. The van der Waals surface area contributed by atoms with Crippen LogP contribution in [0.5, 0.6) is 17.2 Å². The molecule has 0 unspecified atom stereocenters. The zero-order valence-corrected chi connectivity index (χ0v) is 12.3. The molecule has 2 aromatic rings. The molecule has 1 aliphatic heterocycles. The third kappa shape index (κ3) is 3.05. The Morgan fingerprint density at radius 3 is 2.43 bits per heavy atom. The predicted molar refractivity (Wildman–Crippen MR) is 82.5 cm³/mol. The van der Waals surface area contributed by atoms with Crippen LogP contribution in [-0.4, -0.2) is 20.3 Å². The molecule has 21 heavy (non-hydrogen) atoms. The highest BCUT2D eigenvalue weighted by Gasteiger charge is 2.14. The summed E-state index contributed by atoms with van der Waals surface area (Å²) in [6.07, 6.45) is 0. The Labute approximate surface area is 124 Å². The van der Waals surface area contributed by atoms with Crippen LogP contribution in [0, 0.1) is 0 Å². The lowest BCUT2D eigenvalue weighted by Crippen LogP contribution is -2.16. The fraction of sp³-hybridized carbons (Fsp3) is 0.294. The minimum absolute atomic E-state index is 0.175. The van der Waals surface area contributed by atoms with Crippen molar-refractivity contribution >= 4 is 5.69 Å². The molecule has 1 aliphatic rings. The van der Waals surface area contributed by atoms with E-state index >= 15 is 0 Å². The number of ether oxygens (including phenoxy) is 3. The number of hydrogen-bond acceptors (Lipinski definition) is 4. The normalized spacial score (nSPS) is 14.4. The molecule has 0 spiro atoms. The first-order valence-electron chi connectivity index (χ1n) is 7.06. The molecule has 0 aromatic heterocycles. The van der Waals surface area contributed by atoms with E-state index in [0.717, 1.165) is 28.5 Å². The van der Waals surface area contributed by atoms with Crippen LogP contribution in [0.2, 0.25) is 0 Å². The quantitative estimate of drug-likeness (QED) is 0.931. The first-order chi connectivity index (χ1) is 10.3. The Kier molecular flexibility index (Phi) is 3.86. The zero-order chi connectivity index (χ0) is 14.7. The molecule has 0 fully saturated rings. The van der Waals surface area contributed by atoms with Gasteiger partial charge >= 0.3 is 0 Å². The average molecular weight is 285 g/mol. The van der Waals surface area contributed by atoms with Crippen LogP contribution in [0.4, 0.5) is 5.69 Å². The average Bonchev–Trinajstić information content (AvgIpc) is 2.55. The Hall–Kier alpha value is -2.36. The van der Waals surface area contributed by atoms with Crippen LogP contribution >= 0.6 is 0 Å². The summed E-state index contributed by atoms with van der Waals surface area (Å²) in [7, 11) is 1.67. The fourth-order valence-corrected chi connectivity index (χ4v) is 2.35. The summed E-state index contributed by atoms with van der Waals surface area (Å²) >= 11 is 0. The SMILES string of the molecule is COc1ccc(N[C@@H](C)c2ccc3c(c2)OCCO3)cc1. The highest BCUT2D eigenvalue weighted by Crippen LogP contribution is 2.33. The van der Waals surface area contributed by atoms with Crippen molar-refractivity contribution in [3.8, 4) is 17.2 Å². The van der Waals surface area contributed by atoms with Crippen LogP contribution in [0.3, 0.4) is 0 Å². The van der Waals surface area contributed by atoms with Crippen LogP contribution in [0.15, 0.2) is 42.5 Å². The summed E-state index contributed by atoms with van der Waals surface area (Å²) in [6.45, 7) is 3.35. The Morgan fingerprint density at radius 2 is 1.71 bits per heavy atom. The number of anilines is 1. The van der Waals surface area contributed by atoms with E-state index in [4.69, 9.17) is 14.2 Å². The molecular formula is C17H19NO3. The van der Waals surface area contributed by atoms with Crippen molar-refractivity contribution in [1.82, 2.24) is 0 Å². The minimum Gasteiger partial charge on any atom is -0.497 e. The summed E-state index contributed by atoms with van der Waals surface area (Å²) < 4.78 is 16.3. The highest BCUT2D eigenvalue weighted by molar-refractivity contribution is 5.50. The maximum Gasteiger partial charge on any atom is 0.161 e. The third-order valence-corrected chi connectivity index (χ3v) is 3.54. The van der Waals surface area contributed by atoms with Crippen molar-refractivity contribution in [3.63, 3.8) is 0 Å². The first kappa shape index (κ1) is 13.6. The van der Waals surface area contributed by atoms with Gasteiger partial charge in [0, 0.05) is 11.7 Å². The van der Waals surface area contributed by atoms with Crippen LogP contribution < -0.4 is 19.5 Å². The van der Waals surface area contributed by atoms with E-state index in [1.165, 1.54) is 0 Å². The molecule has 4 nitrogen and oxygen atoms in total. The lowest BCUT2D eigenvalue weighted by molar-refractivity contribution is 0.171. The topological polar surface area (TPSA) is 39.7 Å². The van der Waals surface area contributed by atoms with E-state index in [0.29, 0.717) is 13.2 Å². The highest BCUT2D eigenvalue weighted by atomic mass is 16.6. The minimum atomic E-state index is 0.175. The molecule has 0 saturated carbocycles. The Morgan fingerprint density at radius 1 is 1.00 bits per heavy atom. The molecule has 2 aromatic carbocycles. The molecule has 4 heteroatoms. The van der Waals surface area contributed by atoms with Gasteiger partial charge in [-0.15, -0.1) is 0 Å². The lowest BCUT2D eigenvalue weighted by atomic mass is 10.1. The zero-order valence-electron chi connectivity index (χ0n) is 12.3. The number of nitrogens with one attached hydrogen (secondary N) is 1. The summed E-state index contributed by atoms with van der Waals surface area (Å²) in [4.78, 5) is 0. The number of methoxy groups -OCH3 is 1. The largest absolute Gasteiger partial charge is 0.497 e. The van der Waals surface area contributed by atoms with Gasteiger partial charge in [-0.3, -0.25) is 0 Å². The van der Waals surface area contributed by atoms with Crippen molar-refractivity contribution in [2.75, 3.05) is 25.6 Å². The summed E-state index contributed by atoms with van der Waals surface area (Å²) in [5.41, 5.74) is 2.22. The van der Waals surface area contributed by atoms with Gasteiger partial charge < -0.3 is 19.5 Å². The molecule has 3 rings (SSSR count). The van der Waals surface area contributed by atoms with Crippen LogP contribution in [0.1, 0.15) is 18.5 Å². The van der Waals surface area contributed by atoms with Crippen molar-refractivity contribution in [3.05, 3.63) is 48.0 Å². The van der Waals surface area contributed by atoms with Gasteiger partial charge in [-0.1, -0.05) is 6.07 Å². The number of fused-ring (bicyclic) bond motifs is 1. The van der Waals surface area contributed by atoms with Gasteiger partial charge in [-0.2, -0.15) is 0 Å². The van der Waals surface area contributed by atoms with Gasteiger partial charge in [0.1, 0.15) is 19.0 Å². The van der Waals surface area contributed by atoms with Gasteiger partial charge in [0.25, 0.3) is 0 Å². The van der Waals surface area contributed by atoms with E-state index in [1.54, 1.807) is 7.11 Å². The van der Waals surface area contributed by atoms with Crippen LogP contribution in [0.25, 0.3) is 0 Å². The molecule has 1 atom stereocenters. The van der Waals surface area contributed by atoms with Crippen molar-refractivity contribution < 1.29 is 14.2 Å². The standard InChI is InChI=1S/C17H19NO3/c1-12(18-14-4-6-15(19-2)7-5-14)13-3-8-16-17(11-13)21-10-9-20-16/h3-8,11-12,18H,9-10H2,1-2H3/t12-/m0/s1. The van der Waals surface area contributed by atoms with E-state index in [2.05, 4.69) is 18.3 Å². The van der Waals surface area contributed by atoms with Gasteiger partial charge in [0.15, 0.2) is 11.5 Å². The van der Waals surface area contributed by atoms with Crippen molar-refractivity contribution in [1.29, 1.82) is 0 Å². The van der Waals surface area contributed by atoms with Gasteiger partial charge in [0.2, 0.25) is 0 Å². The molecule has 0 aliphatic carbocycles. The molecule has 0 amide bonds. The van der Waals surface area contributed by atoms with Gasteiger partial charge in [0.05, 0.1) is 7.11 Å². The molecule has 1 heterocycles. The van der Waals surface area contributed by atoms with Crippen molar-refractivity contribution in [2.24, 2.45) is 0 Å². The number of benzene rings is 2. The fourth-order valence-electron chi connectivity index (χ4n) is 2.35. The summed E-state index contributed by atoms with van der Waals surface area (Å²) in [5, 5.41) is 3.46. The Bertz CT molecular complexity index is 610. The van der Waals surface area contributed by atoms with E-state index in [-0.39, 0.29) is 6.04 Å². The van der Waals surface area contributed by atoms with E-state index in [1.807, 2.05) is 36.4 Å². The number of rotatable bonds is 4. The van der Waals surface area contributed by atoms with Gasteiger partial charge in [-0.05, 0) is 48.9 Å². The molecule has 0 saturated heterocycles. The van der Waals surface area contributed by atoms with E-state index < -0.39 is 0 Å². The molecule has 110 valence electrons. The van der Waals surface area contributed by atoms with Crippen LogP contribution in [-0.2, 0) is 0 Å². The van der Waals surface area contributed by atoms with Gasteiger partial charge in [-0.25, -0.2) is 0 Å². The first-order valence-corrected chi connectivity index (χ1v) is 7.06. The third-order valence-electron chi connectivity index (χ3n) is 3.54. The molecular weight excluding hydrogens is 266 g/mol.